The third kappa shape index (κ3) is 2.16. The van der Waals surface area contributed by atoms with Gasteiger partial charge in [0, 0.05) is 11.6 Å². The van der Waals surface area contributed by atoms with Crippen molar-refractivity contribution in [3.05, 3.63) is 48.2 Å². The maximum absolute atomic E-state index is 13.2. The molecule has 0 atom stereocenters. The molecule has 0 aliphatic heterocycles. The Balaban J connectivity index is 2.35. The van der Waals surface area contributed by atoms with E-state index in [0.717, 1.165) is 0 Å². The van der Waals surface area contributed by atoms with E-state index in [1.54, 1.807) is 12.1 Å². The molecular formula is C13H7F3N4O2. The molecule has 0 saturated carbocycles. The topological polar surface area (TPSA) is 80.9 Å². The SMILES string of the molecule is O=C(O)c1cnn(-c2cncc3ncccc23)c1C(F)(F)F. The minimum Gasteiger partial charge on any atom is -0.478 e. The lowest BCUT2D eigenvalue weighted by Crippen LogP contribution is -2.17. The summed E-state index contributed by atoms with van der Waals surface area (Å²) in [5, 5.41) is 12.9. The molecule has 0 radical (unpaired) electrons. The highest BCUT2D eigenvalue weighted by Gasteiger charge is 2.40. The van der Waals surface area contributed by atoms with Crippen molar-refractivity contribution in [3.8, 4) is 5.69 Å². The molecule has 0 bridgehead atoms. The van der Waals surface area contributed by atoms with Crippen LogP contribution >= 0.6 is 0 Å². The van der Waals surface area contributed by atoms with Crippen molar-refractivity contribution in [3.63, 3.8) is 0 Å². The van der Waals surface area contributed by atoms with E-state index in [-0.39, 0.29) is 5.69 Å². The van der Waals surface area contributed by atoms with E-state index in [2.05, 4.69) is 15.1 Å². The molecule has 112 valence electrons. The molecule has 0 unspecified atom stereocenters. The number of rotatable bonds is 2. The van der Waals surface area contributed by atoms with Gasteiger partial charge in [0.1, 0.15) is 5.56 Å². The van der Waals surface area contributed by atoms with Crippen molar-refractivity contribution >= 4 is 16.9 Å². The van der Waals surface area contributed by atoms with Crippen molar-refractivity contribution in [2.45, 2.75) is 6.18 Å². The first kappa shape index (κ1) is 14.0. The minimum atomic E-state index is -4.88. The van der Waals surface area contributed by atoms with Crippen LogP contribution in [0.4, 0.5) is 13.2 Å². The monoisotopic (exact) mass is 308 g/mol. The molecule has 0 aliphatic carbocycles. The minimum absolute atomic E-state index is 0.00502. The third-order valence-electron chi connectivity index (χ3n) is 3.00. The van der Waals surface area contributed by atoms with Crippen molar-refractivity contribution < 1.29 is 23.1 Å². The van der Waals surface area contributed by atoms with Gasteiger partial charge in [-0.1, -0.05) is 0 Å². The molecule has 6 nitrogen and oxygen atoms in total. The number of nitrogens with zero attached hydrogens (tertiary/aromatic N) is 4. The molecule has 3 aromatic heterocycles. The van der Waals surface area contributed by atoms with Crippen molar-refractivity contribution in [1.82, 2.24) is 19.7 Å². The van der Waals surface area contributed by atoms with Crippen LogP contribution in [0.15, 0.2) is 36.9 Å². The van der Waals surface area contributed by atoms with E-state index in [1.807, 2.05) is 0 Å². The number of hydrogen-bond acceptors (Lipinski definition) is 4. The molecule has 3 rings (SSSR count). The first-order chi connectivity index (χ1) is 10.4. The second-order valence-electron chi connectivity index (χ2n) is 4.35. The molecule has 0 amide bonds. The van der Waals surface area contributed by atoms with Crippen LogP contribution in [-0.4, -0.2) is 30.8 Å². The Morgan fingerprint density at radius 3 is 2.68 bits per heavy atom. The van der Waals surface area contributed by atoms with Crippen LogP contribution in [0.25, 0.3) is 16.6 Å². The van der Waals surface area contributed by atoms with Crippen molar-refractivity contribution in [2.24, 2.45) is 0 Å². The van der Waals surface area contributed by atoms with Gasteiger partial charge in [-0.15, -0.1) is 0 Å². The highest BCUT2D eigenvalue weighted by atomic mass is 19.4. The fourth-order valence-corrected chi connectivity index (χ4v) is 2.11. The average Bonchev–Trinajstić information content (AvgIpc) is 2.91. The highest BCUT2D eigenvalue weighted by molar-refractivity contribution is 5.90. The fourth-order valence-electron chi connectivity index (χ4n) is 2.11. The molecule has 9 heteroatoms. The number of pyridine rings is 2. The molecule has 1 N–H and O–H groups in total. The lowest BCUT2D eigenvalue weighted by atomic mass is 10.2. The zero-order valence-electron chi connectivity index (χ0n) is 10.7. The Bertz CT molecular complexity index is 868. The normalized spacial score (nSPS) is 11.8. The number of hydrogen-bond donors (Lipinski definition) is 1. The quantitative estimate of drug-likeness (QED) is 0.787. The number of carboxylic acids is 1. The van der Waals surface area contributed by atoms with Gasteiger partial charge in [0.25, 0.3) is 0 Å². The number of carbonyl (C=O) groups is 1. The summed E-state index contributed by atoms with van der Waals surface area (Å²) in [4.78, 5) is 18.8. The van der Waals surface area contributed by atoms with Gasteiger partial charge < -0.3 is 5.11 Å². The average molecular weight is 308 g/mol. The smallest absolute Gasteiger partial charge is 0.434 e. The number of alkyl halides is 3. The van der Waals surface area contributed by atoms with Crippen LogP contribution in [-0.2, 0) is 6.18 Å². The second-order valence-corrected chi connectivity index (χ2v) is 4.35. The maximum Gasteiger partial charge on any atom is 0.434 e. The molecular weight excluding hydrogens is 301 g/mol. The van der Waals surface area contributed by atoms with Crippen LogP contribution < -0.4 is 0 Å². The maximum atomic E-state index is 13.2. The lowest BCUT2D eigenvalue weighted by Gasteiger charge is -2.12. The zero-order valence-corrected chi connectivity index (χ0v) is 10.7. The van der Waals surface area contributed by atoms with Gasteiger partial charge in [-0.3, -0.25) is 9.97 Å². The number of fused-ring (bicyclic) bond motifs is 1. The molecule has 0 fully saturated rings. The first-order valence-electron chi connectivity index (χ1n) is 5.97. The van der Waals surface area contributed by atoms with Crippen LogP contribution in [0.1, 0.15) is 16.1 Å². The van der Waals surface area contributed by atoms with Gasteiger partial charge in [-0.05, 0) is 12.1 Å². The summed E-state index contributed by atoms with van der Waals surface area (Å²) < 4.78 is 40.2. The van der Waals surface area contributed by atoms with E-state index in [1.165, 1.54) is 18.6 Å². The number of aromatic carboxylic acids is 1. The van der Waals surface area contributed by atoms with E-state index in [0.29, 0.717) is 21.8 Å². The van der Waals surface area contributed by atoms with Crippen LogP contribution in [0.2, 0.25) is 0 Å². The number of carboxylic acid groups (broad SMARTS) is 1. The predicted octanol–water partition coefficient (Wildman–Crippen LogP) is 2.53. The molecule has 3 heterocycles. The van der Waals surface area contributed by atoms with E-state index in [4.69, 9.17) is 5.11 Å². The summed E-state index contributed by atoms with van der Waals surface area (Å²) in [5.74, 6) is -1.70. The Kier molecular flexibility index (Phi) is 3.05. The summed E-state index contributed by atoms with van der Waals surface area (Å²) in [6, 6.07) is 3.11. The fraction of sp³-hybridized carbons (Fsp3) is 0.0769. The summed E-state index contributed by atoms with van der Waals surface area (Å²) in [5.41, 5.74) is -1.91. The Hall–Kier alpha value is -2.97. The van der Waals surface area contributed by atoms with Crippen molar-refractivity contribution in [2.75, 3.05) is 0 Å². The van der Waals surface area contributed by atoms with Crippen LogP contribution in [0, 0.1) is 0 Å². The molecule has 0 aromatic carbocycles. The zero-order chi connectivity index (χ0) is 15.9. The summed E-state index contributed by atoms with van der Waals surface area (Å²) >= 11 is 0. The Morgan fingerprint density at radius 2 is 2.00 bits per heavy atom. The van der Waals surface area contributed by atoms with Gasteiger partial charge in [0.05, 0.1) is 29.8 Å². The van der Waals surface area contributed by atoms with Gasteiger partial charge in [-0.2, -0.15) is 18.3 Å². The number of halogens is 3. The third-order valence-corrected chi connectivity index (χ3v) is 3.00. The van der Waals surface area contributed by atoms with E-state index >= 15 is 0 Å². The Labute approximate surface area is 120 Å². The van der Waals surface area contributed by atoms with Gasteiger partial charge >= 0.3 is 12.1 Å². The molecule has 0 aliphatic rings. The lowest BCUT2D eigenvalue weighted by molar-refractivity contribution is -0.143. The molecule has 3 aromatic rings. The van der Waals surface area contributed by atoms with Gasteiger partial charge in [0.15, 0.2) is 5.69 Å². The molecule has 0 saturated heterocycles. The summed E-state index contributed by atoms with van der Waals surface area (Å²) in [6.45, 7) is 0. The standard InChI is InChI=1S/C13H7F3N4O2/c14-13(15,16)11-8(12(21)22)4-19-20(11)10-6-17-5-9-7(10)2-1-3-18-9/h1-6H,(H,21,22). The van der Waals surface area contributed by atoms with Crippen molar-refractivity contribution in [1.29, 1.82) is 0 Å². The van der Waals surface area contributed by atoms with Crippen LogP contribution in [0.5, 0.6) is 0 Å². The molecule has 0 spiro atoms. The first-order valence-corrected chi connectivity index (χ1v) is 5.97. The van der Waals surface area contributed by atoms with E-state index in [9.17, 15) is 18.0 Å². The predicted molar refractivity (Wildman–Crippen MR) is 68.6 cm³/mol. The second kappa shape index (κ2) is 4.79. The van der Waals surface area contributed by atoms with E-state index < -0.39 is 23.4 Å². The Morgan fingerprint density at radius 1 is 1.23 bits per heavy atom. The van der Waals surface area contributed by atoms with Crippen LogP contribution in [0.3, 0.4) is 0 Å². The highest BCUT2D eigenvalue weighted by Crippen LogP contribution is 2.34. The van der Waals surface area contributed by atoms with Gasteiger partial charge in [0.2, 0.25) is 0 Å². The molecule has 22 heavy (non-hydrogen) atoms. The summed E-state index contributed by atoms with van der Waals surface area (Å²) in [6.07, 6.45) is -0.162. The van der Waals surface area contributed by atoms with Gasteiger partial charge in [-0.25, -0.2) is 9.48 Å². The number of aromatic nitrogens is 4. The largest absolute Gasteiger partial charge is 0.478 e. The summed E-state index contributed by atoms with van der Waals surface area (Å²) in [7, 11) is 0.